The maximum absolute atomic E-state index is 8.80. The molecular formula is C15H19N3. The molecule has 3 nitrogen and oxygen atoms in total. The van der Waals surface area contributed by atoms with Crippen molar-refractivity contribution in [2.75, 3.05) is 12.3 Å². The number of aryl methyl sites for hydroxylation is 1. The fourth-order valence-corrected chi connectivity index (χ4v) is 3.14. The summed E-state index contributed by atoms with van der Waals surface area (Å²) in [6.45, 7) is 0.912. The van der Waals surface area contributed by atoms with E-state index in [9.17, 15) is 0 Å². The summed E-state index contributed by atoms with van der Waals surface area (Å²) in [5, 5.41) is 8.80. The highest BCUT2D eigenvalue weighted by Gasteiger charge is 2.36. The van der Waals surface area contributed by atoms with Crippen LogP contribution >= 0.6 is 0 Å². The minimum atomic E-state index is 0.515. The van der Waals surface area contributed by atoms with Gasteiger partial charge >= 0.3 is 0 Å². The quantitative estimate of drug-likeness (QED) is 0.824. The van der Waals surface area contributed by atoms with E-state index in [1.165, 1.54) is 30.4 Å². The van der Waals surface area contributed by atoms with Gasteiger partial charge < -0.3 is 5.73 Å². The minimum Gasteiger partial charge on any atom is -0.399 e. The molecule has 0 radical (unpaired) electrons. The molecule has 2 aliphatic carbocycles. The first-order valence-corrected chi connectivity index (χ1v) is 6.80. The molecule has 0 aromatic heterocycles. The number of nitrogens with two attached hydrogens (primary N) is 1. The number of fused-ring (bicyclic) bond motifs is 1. The summed E-state index contributed by atoms with van der Waals surface area (Å²) in [7, 11) is 0. The molecule has 0 saturated heterocycles. The molecule has 1 unspecified atom stereocenters. The number of nitrogen functional groups attached to an aromatic ring is 1. The normalized spacial score (nSPS) is 21.9. The Balaban J connectivity index is 1.83. The van der Waals surface area contributed by atoms with Gasteiger partial charge in [0.05, 0.1) is 6.07 Å². The zero-order valence-electron chi connectivity index (χ0n) is 10.6. The second kappa shape index (κ2) is 4.62. The zero-order valence-corrected chi connectivity index (χ0v) is 10.6. The Morgan fingerprint density at radius 2 is 2.17 bits per heavy atom. The molecule has 2 N–H and O–H groups in total. The average Bonchev–Trinajstić information content (AvgIpc) is 3.12. The highest BCUT2D eigenvalue weighted by Crippen LogP contribution is 2.42. The van der Waals surface area contributed by atoms with Crippen LogP contribution in [0.15, 0.2) is 18.2 Å². The first-order valence-electron chi connectivity index (χ1n) is 6.80. The summed E-state index contributed by atoms with van der Waals surface area (Å²) in [6, 6.07) is 9.81. The molecule has 3 heteroatoms. The van der Waals surface area contributed by atoms with Crippen LogP contribution in [0, 0.1) is 11.3 Å². The number of nitriles is 1. The summed E-state index contributed by atoms with van der Waals surface area (Å²) in [4.78, 5) is 2.55. The van der Waals surface area contributed by atoms with Gasteiger partial charge in [-0.3, -0.25) is 4.90 Å². The monoisotopic (exact) mass is 241 g/mol. The molecule has 0 bridgehead atoms. The Morgan fingerprint density at radius 3 is 2.89 bits per heavy atom. The molecule has 0 spiro atoms. The highest BCUT2D eigenvalue weighted by molar-refractivity contribution is 5.47. The van der Waals surface area contributed by atoms with Crippen molar-refractivity contribution < 1.29 is 0 Å². The molecule has 1 aromatic rings. The summed E-state index contributed by atoms with van der Waals surface area (Å²) >= 11 is 0. The van der Waals surface area contributed by atoms with Crippen LogP contribution in [0.3, 0.4) is 0 Å². The second-order valence-corrected chi connectivity index (χ2v) is 5.39. The van der Waals surface area contributed by atoms with Crippen LogP contribution in [0.25, 0.3) is 0 Å². The summed E-state index contributed by atoms with van der Waals surface area (Å²) in [6.07, 6.45) is 5.54. The van der Waals surface area contributed by atoms with E-state index in [0.717, 1.165) is 18.7 Å². The third-order valence-electron chi connectivity index (χ3n) is 4.11. The topological polar surface area (TPSA) is 53.0 Å². The van der Waals surface area contributed by atoms with Gasteiger partial charge in [0, 0.05) is 30.7 Å². The van der Waals surface area contributed by atoms with E-state index < -0.39 is 0 Å². The Bertz CT molecular complexity index is 485. The fraction of sp³-hybridized carbons (Fsp3) is 0.533. The smallest absolute Gasteiger partial charge is 0.0635 e. The van der Waals surface area contributed by atoms with Crippen molar-refractivity contribution in [2.45, 2.75) is 44.2 Å². The molecule has 1 saturated carbocycles. The zero-order chi connectivity index (χ0) is 12.5. The van der Waals surface area contributed by atoms with Gasteiger partial charge in [-0.1, -0.05) is 6.07 Å². The van der Waals surface area contributed by atoms with Crippen LogP contribution in [0.5, 0.6) is 0 Å². The van der Waals surface area contributed by atoms with Gasteiger partial charge in [0.15, 0.2) is 0 Å². The van der Waals surface area contributed by atoms with E-state index in [1.54, 1.807) is 0 Å². The number of hydrogen-bond donors (Lipinski definition) is 1. The molecule has 2 aliphatic rings. The van der Waals surface area contributed by atoms with Gasteiger partial charge in [-0.15, -0.1) is 0 Å². The van der Waals surface area contributed by atoms with Crippen LogP contribution < -0.4 is 5.73 Å². The molecule has 94 valence electrons. The lowest BCUT2D eigenvalue weighted by Crippen LogP contribution is -2.30. The lowest BCUT2D eigenvalue weighted by atomic mass is 10.1. The third-order valence-corrected chi connectivity index (χ3v) is 4.11. The van der Waals surface area contributed by atoms with Crippen molar-refractivity contribution >= 4 is 5.69 Å². The van der Waals surface area contributed by atoms with Crippen LogP contribution in [0.2, 0.25) is 0 Å². The Labute approximate surface area is 108 Å². The maximum Gasteiger partial charge on any atom is 0.0635 e. The van der Waals surface area contributed by atoms with Crippen LogP contribution in [-0.2, 0) is 6.42 Å². The molecule has 18 heavy (non-hydrogen) atoms. The van der Waals surface area contributed by atoms with Crippen molar-refractivity contribution in [2.24, 2.45) is 0 Å². The number of anilines is 1. The molecule has 1 aromatic carbocycles. The van der Waals surface area contributed by atoms with Gasteiger partial charge in [-0.2, -0.15) is 5.26 Å². The van der Waals surface area contributed by atoms with Gasteiger partial charge in [0.25, 0.3) is 0 Å². The van der Waals surface area contributed by atoms with E-state index in [0.29, 0.717) is 18.5 Å². The number of rotatable bonds is 4. The molecule has 1 fully saturated rings. The standard InChI is InChI=1S/C15H19N3/c16-8-1-9-18(13-4-5-13)15-7-2-11-10-12(17)3-6-14(11)15/h3,6,10,13,15H,1-2,4-5,7,9,17H2. The summed E-state index contributed by atoms with van der Waals surface area (Å²) in [5.74, 6) is 0. The molecule has 0 aliphatic heterocycles. The Hall–Kier alpha value is -1.53. The van der Waals surface area contributed by atoms with Crippen LogP contribution in [-0.4, -0.2) is 17.5 Å². The van der Waals surface area contributed by atoms with Gasteiger partial charge in [-0.05, 0) is 48.9 Å². The first kappa shape index (κ1) is 11.6. The molecule has 0 heterocycles. The maximum atomic E-state index is 8.80. The van der Waals surface area contributed by atoms with Gasteiger partial charge in [0.2, 0.25) is 0 Å². The van der Waals surface area contributed by atoms with E-state index in [4.69, 9.17) is 11.0 Å². The van der Waals surface area contributed by atoms with E-state index in [1.807, 2.05) is 6.07 Å². The predicted molar refractivity (Wildman–Crippen MR) is 71.9 cm³/mol. The SMILES string of the molecule is N#CCCN(C1CC1)C1CCc2cc(N)ccc21. The largest absolute Gasteiger partial charge is 0.399 e. The van der Waals surface area contributed by atoms with Crippen molar-refractivity contribution in [3.05, 3.63) is 29.3 Å². The van der Waals surface area contributed by atoms with Gasteiger partial charge in [0.1, 0.15) is 0 Å². The minimum absolute atomic E-state index is 0.515. The van der Waals surface area contributed by atoms with Crippen molar-refractivity contribution in [3.63, 3.8) is 0 Å². The number of benzene rings is 1. The molecule has 0 amide bonds. The summed E-state index contributed by atoms with van der Waals surface area (Å²) < 4.78 is 0. The number of hydrogen-bond acceptors (Lipinski definition) is 3. The third kappa shape index (κ3) is 2.09. The predicted octanol–water partition coefficient (Wildman–Crippen LogP) is 2.63. The molecular weight excluding hydrogens is 222 g/mol. The lowest BCUT2D eigenvalue weighted by molar-refractivity contribution is 0.190. The average molecular weight is 241 g/mol. The van der Waals surface area contributed by atoms with Crippen molar-refractivity contribution in [1.82, 2.24) is 4.90 Å². The van der Waals surface area contributed by atoms with Crippen molar-refractivity contribution in [3.8, 4) is 6.07 Å². The number of nitrogens with zero attached hydrogens (tertiary/aromatic N) is 2. The first-order chi connectivity index (χ1) is 8.79. The Morgan fingerprint density at radius 1 is 1.33 bits per heavy atom. The lowest BCUT2D eigenvalue weighted by Gasteiger charge is -2.28. The molecule has 3 rings (SSSR count). The van der Waals surface area contributed by atoms with E-state index in [2.05, 4.69) is 23.1 Å². The van der Waals surface area contributed by atoms with E-state index >= 15 is 0 Å². The Kier molecular flexibility index (Phi) is 2.97. The van der Waals surface area contributed by atoms with Crippen LogP contribution in [0.1, 0.15) is 42.9 Å². The van der Waals surface area contributed by atoms with Crippen molar-refractivity contribution in [1.29, 1.82) is 5.26 Å². The van der Waals surface area contributed by atoms with Gasteiger partial charge in [-0.25, -0.2) is 0 Å². The van der Waals surface area contributed by atoms with E-state index in [-0.39, 0.29) is 0 Å². The van der Waals surface area contributed by atoms with Crippen LogP contribution in [0.4, 0.5) is 5.69 Å². The highest BCUT2D eigenvalue weighted by atomic mass is 15.2. The second-order valence-electron chi connectivity index (χ2n) is 5.39. The molecule has 1 atom stereocenters. The fourth-order valence-electron chi connectivity index (χ4n) is 3.14. The summed E-state index contributed by atoms with van der Waals surface area (Å²) in [5.41, 5.74) is 9.56.